The number of nitrogens with zero attached hydrogens (tertiary/aromatic N) is 1. The van der Waals surface area contributed by atoms with Gasteiger partial charge < -0.3 is 9.47 Å². The van der Waals surface area contributed by atoms with Gasteiger partial charge >= 0.3 is 6.09 Å². The summed E-state index contributed by atoms with van der Waals surface area (Å²) in [6.45, 7) is 6.31. The number of amides is 1. The highest BCUT2D eigenvalue weighted by atomic mass is 16.6. The third-order valence-corrected chi connectivity index (χ3v) is 3.14. The maximum atomic E-state index is 12.0. The Labute approximate surface area is 130 Å². The highest BCUT2D eigenvalue weighted by Gasteiger charge is 2.13. The summed E-state index contributed by atoms with van der Waals surface area (Å²) >= 11 is 0. The second-order valence-electron chi connectivity index (χ2n) is 4.70. The number of benzene rings is 1. The molecule has 0 bridgehead atoms. The summed E-state index contributed by atoms with van der Waals surface area (Å²) in [7, 11) is 0. The van der Waals surface area contributed by atoms with Crippen LogP contribution in [-0.4, -0.2) is 17.7 Å². The number of para-hydroxylation sites is 1. The SMILES string of the molecule is CCOc1nc(C)c(CC)cc1NC(=O)Oc1ccccc1. The molecule has 5 nitrogen and oxygen atoms in total. The normalized spacial score (nSPS) is 10.1. The van der Waals surface area contributed by atoms with E-state index in [1.165, 1.54) is 0 Å². The van der Waals surface area contributed by atoms with Crippen molar-refractivity contribution in [1.29, 1.82) is 0 Å². The van der Waals surface area contributed by atoms with Crippen LogP contribution in [0.5, 0.6) is 11.6 Å². The maximum absolute atomic E-state index is 12.0. The molecule has 0 unspecified atom stereocenters. The number of aryl methyl sites for hydroxylation is 2. The number of aromatic nitrogens is 1. The van der Waals surface area contributed by atoms with Crippen molar-refractivity contribution in [1.82, 2.24) is 4.98 Å². The Morgan fingerprint density at radius 2 is 1.95 bits per heavy atom. The molecule has 1 aromatic heterocycles. The van der Waals surface area contributed by atoms with Gasteiger partial charge in [-0.3, -0.25) is 5.32 Å². The van der Waals surface area contributed by atoms with E-state index in [9.17, 15) is 4.79 Å². The minimum Gasteiger partial charge on any atom is -0.476 e. The van der Waals surface area contributed by atoms with Crippen molar-refractivity contribution >= 4 is 11.8 Å². The molecule has 5 heteroatoms. The van der Waals surface area contributed by atoms with Crippen molar-refractivity contribution in [2.24, 2.45) is 0 Å². The molecule has 0 fully saturated rings. The van der Waals surface area contributed by atoms with Crippen molar-refractivity contribution in [2.75, 3.05) is 11.9 Å². The first kappa shape index (κ1) is 15.8. The Hall–Kier alpha value is -2.56. The molecule has 116 valence electrons. The van der Waals surface area contributed by atoms with E-state index in [2.05, 4.69) is 10.3 Å². The van der Waals surface area contributed by atoms with Crippen molar-refractivity contribution in [2.45, 2.75) is 27.2 Å². The second kappa shape index (κ2) is 7.45. The van der Waals surface area contributed by atoms with Crippen LogP contribution < -0.4 is 14.8 Å². The topological polar surface area (TPSA) is 60.5 Å². The van der Waals surface area contributed by atoms with E-state index < -0.39 is 6.09 Å². The number of carbonyl (C=O) groups excluding carboxylic acids is 1. The van der Waals surface area contributed by atoms with E-state index in [-0.39, 0.29) is 0 Å². The first-order chi connectivity index (χ1) is 10.6. The first-order valence-electron chi connectivity index (χ1n) is 7.31. The number of nitrogens with one attached hydrogen (secondary N) is 1. The summed E-state index contributed by atoms with van der Waals surface area (Å²) in [5.74, 6) is 0.885. The van der Waals surface area contributed by atoms with Gasteiger partial charge in [-0.05, 0) is 44.0 Å². The fourth-order valence-electron chi connectivity index (χ4n) is 2.05. The second-order valence-corrected chi connectivity index (χ2v) is 4.70. The van der Waals surface area contributed by atoms with Crippen LogP contribution in [0.15, 0.2) is 36.4 Å². The molecule has 0 aliphatic rings. The van der Waals surface area contributed by atoms with Crippen LogP contribution in [0.2, 0.25) is 0 Å². The van der Waals surface area contributed by atoms with Crippen LogP contribution in [0, 0.1) is 6.92 Å². The molecular formula is C17H20N2O3. The van der Waals surface area contributed by atoms with Gasteiger partial charge in [0, 0.05) is 5.69 Å². The van der Waals surface area contributed by atoms with Crippen LogP contribution in [0.4, 0.5) is 10.5 Å². The molecule has 2 rings (SSSR count). The Kier molecular flexibility index (Phi) is 5.36. The van der Waals surface area contributed by atoms with Crippen LogP contribution in [0.25, 0.3) is 0 Å². The van der Waals surface area contributed by atoms with Gasteiger partial charge in [0.1, 0.15) is 11.4 Å². The van der Waals surface area contributed by atoms with E-state index in [1.54, 1.807) is 24.3 Å². The fourth-order valence-corrected chi connectivity index (χ4v) is 2.05. The van der Waals surface area contributed by atoms with Gasteiger partial charge in [0.2, 0.25) is 5.88 Å². The van der Waals surface area contributed by atoms with Gasteiger partial charge in [-0.25, -0.2) is 9.78 Å². The lowest BCUT2D eigenvalue weighted by Crippen LogP contribution is -2.18. The lowest BCUT2D eigenvalue weighted by atomic mass is 10.1. The average molecular weight is 300 g/mol. The van der Waals surface area contributed by atoms with E-state index >= 15 is 0 Å². The highest BCUT2D eigenvalue weighted by Crippen LogP contribution is 2.26. The Balaban J connectivity index is 2.18. The third kappa shape index (κ3) is 3.97. The quantitative estimate of drug-likeness (QED) is 0.908. The maximum Gasteiger partial charge on any atom is 0.417 e. The Morgan fingerprint density at radius 1 is 1.23 bits per heavy atom. The van der Waals surface area contributed by atoms with Gasteiger partial charge in [0.25, 0.3) is 0 Å². The summed E-state index contributed by atoms with van der Waals surface area (Å²) in [5.41, 5.74) is 2.47. The molecule has 0 spiro atoms. The van der Waals surface area contributed by atoms with Crippen LogP contribution in [0.1, 0.15) is 25.1 Å². The number of rotatable bonds is 5. The number of ether oxygens (including phenoxy) is 2. The minimum absolute atomic E-state index is 0.405. The van der Waals surface area contributed by atoms with E-state index in [0.29, 0.717) is 23.9 Å². The van der Waals surface area contributed by atoms with Gasteiger partial charge in [-0.1, -0.05) is 25.1 Å². The summed E-state index contributed by atoms with van der Waals surface area (Å²) in [6.07, 6.45) is 0.257. The molecule has 22 heavy (non-hydrogen) atoms. The third-order valence-electron chi connectivity index (χ3n) is 3.14. The standard InChI is InChI=1S/C17H20N2O3/c1-4-13-11-15(16(21-5-2)18-12(13)3)19-17(20)22-14-9-7-6-8-10-14/h6-11H,4-5H2,1-3H3,(H,19,20). The molecule has 0 aliphatic carbocycles. The molecule has 0 radical (unpaired) electrons. The van der Waals surface area contributed by atoms with Crippen molar-refractivity contribution in [3.05, 3.63) is 47.7 Å². The van der Waals surface area contributed by atoms with Crippen molar-refractivity contribution in [3.63, 3.8) is 0 Å². The van der Waals surface area contributed by atoms with Crippen LogP contribution in [0.3, 0.4) is 0 Å². The van der Waals surface area contributed by atoms with Crippen molar-refractivity contribution in [3.8, 4) is 11.6 Å². The molecule has 0 aliphatic heterocycles. The fraction of sp³-hybridized carbons (Fsp3) is 0.294. The molecule has 1 N–H and O–H groups in total. The molecule has 1 aromatic carbocycles. The average Bonchev–Trinajstić information content (AvgIpc) is 2.51. The zero-order valence-electron chi connectivity index (χ0n) is 13.1. The van der Waals surface area contributed by atoms with Gasteiger partial charge in [0.05, 0.1) is 6.61 Å². The molecule has 0 saturated carbocycles. The van der Waals surface area contributed by atoms with Crippen LogP contribution >= 0.6 is 0 Å². The predicted octanol–water partition coefficient (Wildman–Crippen LogP) is 3.96. The van der Waals surface area contributed by atoms with Crippen molar-refractivity contribution < 1.29 is 14.3 Å². The molecule has 0 atom stereocenters. The number of hydrogen-bond acceptors (Lipinski definition) is 4. The highest BCUT2D eigenvalue weighted by molar-refractivity contribution is 5.88. The monoisotopic (exact) mass is 300 g/mol. The summed E-state index contributed by atoms with van der Waals surface area (Å²) in [6, 6.07) is 10.8. The largest absolute Gasteiger partial charge is 0.476 e. The van der Waals surface area contributed by atoms with E-state index in [4.69, 9.17) is 9.47 Å². The van der Waals surface area contributed by atoms with Gasteiger partial charge in [-0.2, -0.15) is 0 Å². The number of pyridine rings is 1. The molecule has 1 amide bonds. The Bertz CT molecular complexity index is 642. The summed E-state index contributed by atoms with van der Waals surface area (Å²) in [4.78, 5) is 16.4. The van der Waals surface area contributed by atoms with Crippen LogP contribution in [-0.2, 0) is 6.42 Å². The molecule has 0 saturated heterocycles. The van der Waals surface area contributed by atoms with Gasteiger partial charge in [0.15, 0.2) is 0 Å². The van der Waals surface area contributed by atoms with E-state index in [1.807, 2.05) is 32.9 Å². The summed E-state index contributed by atoms with van der Waals surface area (Å²) in [5, 5.41) is 2.70. The minimum atomic E-state index is -0.570. The number of hydrogen-bond donors (Lipinski definition) is 1. The summed E-state index contributed by atoms with van der Waals surface area (Å²) < 4.78 is 10.7. The zero-order chi connectivity index (χ0) is 15.9. The Morgan fingerprint density at radius 3 is 2.59 bits per heavy atom. The number of anilines is 1. The van der Waals surface area contributed by atoms with E-state index in [0.717, 1.165) is 17.7 Å². The molecule has 1 heterocycles. The molecular weight excluding hydrogens is 280 g/mol. The first-order valence-corrected chi connectivity index (χ1v) is 7.31. The van der Waals surface area contributed by atoms with Gasteiger partial charge in [-0.15, -0.1) is 0 Å². The predicted molar refractivity (Wildman–Crippen MR) is 85.6 cm³/mol. The smallest absolute Gasteiger partial charge is 0.417 e. The lowest BCUT2D eigenvalue weighted by Gasteiger charge is -2.13. The lowest BCUT2D eigenvalue weighted by molar-refractivity contribution is 0.215. The molecule has 2 aromatic rings. The zero-order valence-corrected chi connectivity index (χ0v) is 13.1. The number of carbonyl (C=O) groups is 1.